The van der Waals surface area contributed by atoms with Gasteiger partial charge >= 0.3 is 0 Å². The van der Waals surface area contributed by atoms with Crippen molar-refractivity contribution in [2.24, 2.45) is 11.1 Å². The van der Waals surface area contributed by atoms with E-state index in [1.807, 2.05) is 13.8 Å². The van der Waals surface area contributed by atoms with Crippen molar-refractivity contribution in [3.05, 3.63) is 33.9 Å². The Labute approximate surface area is 134 Å². The van der Waals surface area contributed by atoms with Gasteiger partial charge in [-0.1, -0.05) is 13.8 Å². The molecule has 1 fully saturated rings. The number of nitrogens with two attached hydrogens (primary N) is 1. The molecule has 1 aliphatic rings. The number of rotatable bonds is 3. The second-order valence-electron chi connectivity index (χ2n) is 6.25. The highest BCUT2D eigenvalue weighted by atomic mass is 32.2. The summed E-state index contributed by atoms with van der Waals surface area (Å²) in [6.45, 7) is 5.22. The third-order valence-electron chi connectivity index (χ3n) is 4.22. The monoisotopic (exact) mass is 323 g/mol. The van der Waals surface area contributed by atoms with Gasteiger partial charge in [-0.2, -0.15) is 0 Å². The summed E-state index contributed by atoms with van der Waals surface area (Å²) < 4.78 is 0. The summed E-state index contributed by atoms with van der Waals surface area (Å²) in [7, 11) is 0. The molecule has 1 saturated heterocycles. The quantitative estimate of drug-likeness (QED) is 0.524. The first kappa shape index (κ1) is 16.8. The van der Waals surface area contributed by atoms with E-state index in [1.54, 1.807) is 23.3 Å². The van der Waals surface area contributed by atoms with Crippen molar-refractivity contribution < 1.29 is 9.72 Å². The molecular weight excluding hydrogens is 302 g/mol. The third-order valence-corrected chi connectivity index (χ3v) is 5.01. The lowest BCUT2D eigenvalue weighted by Gasteiger charge is -2.42. The molecule has 0 bridgehead atoms. The Balaban J connectivity index is 2.27. The van der Waals surface area contributed by atoms with E-state index in [4.69, 9.17) is 5.73 Å². The summed E-state index contributed by atoms with van der Waals surface area (Å²) in [5.74, 6) is -0.171. The van der Waals surface area contributed by atoms with E-state index in [9.17, 15) is 14.9 Å². The standard InChI is InChI=1S/C15H21N3O3S/c1-15(2)9-17(7-6-13(15)16)14(19)10-4-5-12(22-3)11(8-10)18(20)21/h4-5,8,13H,6-7,9,16H2,1-3H3. The van der Waals surface area contributed by atoms with Gasteiger partial charge < -0.3 is 10.6 Å². The van der Waals surface area contributed by atoms with Crippen molar-refractivity contribution in [2.75, 3.05) is 19.3 Å². The maximum absolute atomic E-state index is 12.6. The smallest absolute Gasteiger partial charge is 0.283 e. The molecule has 1 aromatic rings. The van der Waals surface area contributed by atoms with E-state index < -0.39 is 4.92 Å². The van der Waals surface area contributed by atoms with Crippen molar-refractivity contribution in [3.63, 3.8) is 0 Å². The van der Waals surface area contributed by atoms with Crippen LogP contribution >= 0.6 is 11.8 Å². The van der Waals surface area contributed by atoms with Gasteiger partial charge in [-0.3, -0.25) is 14.9 Å². The Bertz CT molecular complexity index is 604. The zero-order valence-electron chi connectivity index (χ0n) is 13.0. The lowest BCUT2D eigenvalue weighted by atomic mass is 9.79. The fourth-order valence-corrected chi connectivity index (χ4v) is 3.24. The van der Waals surface area contributed by atoms with E-state index in [0.717, 1.165) is 6.42 Å². The van der Waals surface area contributed by atoms with Crippen LogP contribution in [-0.2, 0) is 0 Å². The zero-order valence-corrected chi connectivity index (χ0v) is 13.9. The topological polar surface area (TPSA) is 89.5 Å². The number of benzene rings is 1. The first-order valence-corrected chi connectivity index (χ1v) is 8.36. The van der Waals surface area contributed by atoms with Crippen molar-refractivity contribution in [2.45, 2.75) is 31.2 Å². The molecule has 22 heavy (non-hydrogen) atoms. The minimum absolute atomic E-state index is 0.0219. The van der Waals surface area contributed by atoms with Gasteiger partial charge in [0.15, 0.2) is 0 Å². The summed E-state index contributed by atoms with van der Waals surface area (Å²) in [6, 6.07) is 4.72. The van der Waals surface area contributed by atoms with E-state index in [-0.39, 0.29) is 23.1 Å². The van der Waals surface area contributed by atoms with Crippen LogP contribution in [0.1, 0.15) is 30.6 Å². The lowest BCUT2D eigenvalue weighted by Crippen LogP contribution is -2.54. The zero-order chi connectivity index (χ0) is 16.5. The predicted molar refractivity (Wildman–Crippen MR) is 87.2 cm³/mol. The molecule has 0 radical (unpaired) electrons. The van der Waals surface area contributed by atoms with Gasteiger partial charge in [-0.25, -0.2) is 0 Å². The lowest BCUT2D eigenvalue weighted by molar-refractivity contribution is -0.387. The number of hydrogen-bond acceptors (Lipinski definition) is 5. The van der Waals surface area contributed by atoms with Gasteiger partial charge in [0.1, 0.15) is 0 Å². The van der Waals surface area contributed by atoms with Crippen LogP contribution in [0.3, 0.4) is 0 Å². The molecule has 2 rings (SSSR count). The molecule has 1 heterocycles. The number of likely N-dealkylation sites (tertiary alicyclic amines) is 1. The number of thioether (sulfide) groups is 1. The fourth-order valence-electron chi connectivity index (χ4n) is 2.70. The number of carbonyl (C=O) groups excluding carboxylic acids is 1. The Morgan fingerprint density at radius 1 is 1.50 bits per heavy atom. The Morgan fingerprint density at radius 3 is 2.73 bits per heavy atom. The molecule has 1 unspecified atom stereocenters. The SMILES string of the molecule is CSc1ccc(C(=O)N2CCC(N)C(C)(C)C2)cc1[N+](=O)[O-]. The van der Waals surface area contributed by atoms with Gasteiger partial charge in [0.2, 0.25) is 0 Å². The van der Waals surface area contributed by atoms with E-state index >= 15 is 0 Å². The molecule has 0 aromatic heterocycles. The Morgan fingerprint density at radius 2 is 2.18 bits per heavy atom. The van der Waals surface area contributed by atoms with Crippen LogP contribution in [0.2, 0.25) is 0 Å². The van der Waals surface area contributed by atoms with E-state index in [1.165, 1.54) is 17.8 Å². The number of nitro benzene ring substituents is 1. The summed E-state index contributed by atoms with van der Waals surface area (Å²) in [5.41, 5.74) is 6.27. The van der Waals surface area contributed by atoms with Crippen LogP contribution in [0.25, 0.3) is 0 Å². The minimum Gasteiger partial charge on any atom is -0.338 e. The number of nitro groups is 1. The average molecular weight is 323 g/mol. The number of amides is 1. The van der Waals surface area contributed by atoms with Crippen molar-refractivity contribution in [1.82, 2.24) is 4.90 Å². The average Bonchev–Trinajstić information content (AvgIpc) is 2.48. The molecule has 1 aromatic carbocycles. The molecule has 1 aliphatic heterocycles. The first-order chi connectivity index (χ1) is 10.3. The summed E-state index contributed by atoms with van der Waals surface area (Å²) >= 11 is 1.30. The number of nitrogens with zero attached hydrogens (tertiary/aromatic N) is 2. The van der Waals surface area contributed by atoms with Crippen LogP contribution in [0.5, 0.6) is 0 Å². The van der Waals surface area contributed by atoms with Crippen molar-refractivity contribution in [3.8, 4) is 0 Å². The highest BCUT2D eigenvalue weighted by Crippen LogP contribution is 2.31. The van der Waals surface area contributed by atoms with Gasteiger partial charge in [0.05, 0.1) is 9.82 Å². The second-order valence-corrected chi connectivity index (χ2v) is 7.10. The van der Waals surface area contributed by atoms with Crippen LogP contribution in [-0.4, -0.2) is 41.1 Å². The van der Waals surface area contributed by atoms with Crippen molar-refractivity contribution in [1.29, 1.82) is 0 Å². The highest BCUT2D eigenvalue weighted by Gasteiger charge is 2.35. The Kier molecular flexibility index (Phi) is 4.77. The highest BCUT2D eigenvalue weighted by molar-refractivity contribution is 7.98. The maximum Gasteiger partial charge on any atom is 0.283 e. The second kappa shape index (κ2) is 6.26. The number of hydrogen-bond donors (Lipinski definition) is 1. The van der Waals surface area contributed by atoms with E-state index in [0.29, 0.717) is 23.5 Å². The summed E-state index contributed by atoms with van der Waals surface area (Å²) in [4.78, 5) is 25.6. The van der Waals surface area contributed by atoms with Crippen molar-refractivity contribution >= 4 is 23.4 Å². The van der Waals surface area contributed by atoms with Crippen LogP contribution in [0, 0.1) is 15.5 Å². The van der Waals surface area contributed by atoms with Gasteiger partial charge in [0.25, 0.3) is 11.6 Å². The van der Waals surface area contributed by atoms with Gasteiger partial charge in [0, 0.05) is 30.8 Å². The summed E-state index contributed by atoms with van der Waals surface area (Å²) in [6.07, 6.45) is 2.52. The molecule has 7 heteroatoms. The third kappa shape index (κ3) is 3.25. The first-order valence-electron chi connectivity index (χ1n) is 7.13. The number of piperidine rings is 1. The predicted octanol–water partition coefficient (Wildman–Crippen LogP) is 2.52. The number of carbonyl (C=O) groups is 1. The molecule has 1 amide bonds. The molecule has 1 atom stereocenters. The minimum atomic E-state index is -0.446. The molecule has 0 saturated carbocycles. The molecular formula is C15H21N3O3S. The fraction of sp³-hybridized carbons (Fsp3) is 0.533. The van der Waals surface area contributed by atoms with Gasteiger partial charge in [-0.15, -0.1) is 11.8 Å². The normalized spacial score (nSPS) is 20.7. The van der Waals surface area contributed by atoms with Gasteiger partial charge in [-0.05, 0) is 30.2 Å². The molecule has 0 aliphatic carbocycles. The van der Waals surface area contributed by atoms with Crippen LogP contribution < -0.4 is 5.73 Å². The molecule has 0 spiro atoms. The Hall–Kier alpha value is -1.60. The van der Waals surface area contributed by atoms with Crippen LogP contribution in [0.4, 0.5) is 5.69 Å². The van der Waals surface area contributed by atoms with Crippen LogP contribution in [0.15, 0.2) is 23.1 Å². The molecule has 2 N–H and O–H groups in total. The largest absolute Gasteiger partial charge is 0.338 e. The molecule has 6 nitrogen and oxygen atoms in total. The summed E-state index contributed by atoms with van der Waals surface area (Å²) in [5, 5.41) is 11.1. The molecule has 120 valence electrons. The maximum atomic E-state index is 12.6. The van der Waals surface area contributed by atoms with E-state index in [2.05, 4.69) is 0 Å².